The van der Waals surface area contributed by atoms with Crippen molar-refractivity contribution in [3.8, 4) is 0 Å². The molecule has 68 valence electrons. The first-order chi connectivity index (χ1) is 6.21. The van der Waals surface area contributed by atoms with Crippen molar-refractivity contribution < 1.29 is 0 Å². The number of nitrogens with zero attached hydrogens (tertiary/aromatic N) is 1. The van der Waals surface area contributed by atoms with E-state index in [2.05, 4.69) is 4.98 Å². The highest BCUT2D eigenvalue weighted by Gasteiger charge is 2.58. The molecular formula is C9H10N2O2. The molecule has 0 radical (unpaired) electrons. The van der Waals surface area contributed by atoms with Crippen LogP contribution in [-0.2, 0) is 5.54 Å². The van der Waals surface area contributed by atoms with Crippen LogP contribution in [0.4, 0.5) is 0 Å². The predicted octanol–water partition coefficient (Wildman–Crippen LogP) is 0.0456. The zero-order valence-electron chi connectivity index (χ0n) is 7.12. The summed E-state index contributed by atoms with van der Waals surface area (Å²) in [6.07, 6.45) is 6.48. The molecule has 0 atom stereocenters. The average molecular weight is 178 g/mol. The zero-order chi connectivity index (χ0) is 9.05. The predicted molar refractivity (Wildman–Crippen MR) is 46.6 cm³/mol. The fourth-order valence-electron chi connectivity index (χ4n) is 2.53. The molecule has 0 unspecified atom stereocenters. The van der Waals surface area contributed by atoms with E-state index in [0.717, 1.165) is 25.2 Å². The van der Waals surface area contributed by atoms with Crippen LogP contribution in [0.3, 0.4) is 0 Å². The zero-order valence-corrected chi connectivity index (χ0v) is 7.12. The van der Waals surface area contributed by atoms with Crippen LogP contribution in [0.25, 0.3) is 0 Å². The third kappa shape index (κ3) is 0.709. The molecule has 13 heavy (non-hydrogen) atoms. The second-order valence-electron chi connectivity index (χ2n) is 4.17. The van der Waals surface area contributed by atoms with Gasteiger partial charge in [-0.3, -0.25) is 9.59 Å². The van der Waals surface area contributed by atoms with E-state index in [-0.39, 0.29) is 5.54 Å². The van der Waals surface area contributed by atoms with Gasteiger partial charge >= 0.3 is 11.1 Å². The Morgan fingerprint density at radius 2 is 2.08 bits per heavy atom. The van der Waals surface area contributed by atoms with E-state index >= 15 is 0 Å². The number of aromatic amines is 1. The van der Waals surface area contributed by atoms with E-state index in [1.165, 1.54) is 0 Å². The van der Waals surface area contributed by atoms with Crippen molar-refractivity contribution in [2.75, 3.05) is 0 Å². The van der Waals surface area contributed by atoms with Crippen LogP contribution in [0.1, 0.15) is 19.3 Å². The summed E-state index contributed by atoms with van der Waals surface area (Å²) in [7, 11) is 0. The van der Waals surface area contributed by atoms with Gasteiger partial charge in [-0.15, -0.1) is 0 Å². The summed E-state index contributed by atoms with van der Waals surface area (Å²) in [5.41, 5.74) is -0.886. The Morgan fingerprint density at radius 3 is 2.62 bits per heavy atom. The fraction of sp³-hybridized carbons (Fsp3) is 0.556. The third-order valence-electron chi connectivity index (χ3n) is 3.37. The smallest absolute Gasteiger partial charge is 0.316 e. The second kappa shape index (κ2) is 1.95. The van der Waals surface area contributed by atoms with E-state index in [9.17, 15) is 9.59 Å². The monoisotopic (exact) mass is 178 g/mol. The molecule has 0 amide bonds. The Kier molecular flexibility index (Phi) is 1.07. The van der Waals surface area contributed by atoms with Gasteiger partial charge in [-0.1, -0.05) is 0 Å². The standard InChI is InChI=1S/C9H10N2O2/c12-7-8(13)11(2-1-10-7)9-3-6(4-9)5-9/h1-2,6H,3-5H2,(H,10,12). The Balaban J connectivity index is 2.19. The molecule has 1 aromatic rings. The molecule has 0 aliphatic heterocycles. The largest absolute Gasteiger partial charge is 0.323 e. The maximum Gasteiger partial charge on any atom is 0.316 e. The van der Waals surface area contributed by atoms with Crippen LogP contribution in [0.2, 0.25) is 0 Å². The summed E-state index contributed by atoms with van der Waals surface area (Å²) in [6, 6.07) is 0. The molecule has 4 nitrogen and oxygen atoms in total. The molecule has 0 aromatic carbocycles. The first kappa shape index (κ1) is 7.12. The van der Waals surface area contributed by atoms with E-state index in [1.807, 2.05) is 0 Å². The number of nitrogens with one attached hydrogen (secondary N) is 1. The highest BCUT2D eigenvalue weighted by molar-refractivity contribution is 5.13. The SMILES string of the molecule is O=c1[nH]ccn(C23CC(C2)C3)c1=O. The lowest BCUT2D eigenvalue weighted by Crippen LogP contribution is -2.63. The molecule has 3 aliphatic rings. The molecule has 1 heterocycles. The number of hydrogen-bond donors (Lipinski definition) is 1. The first-order valence-electron chi connectivity index (χ1n) is 4.52. The highest BCUT2D eigenvalue weighted by Crippen LogP contribution is 2.61. The molecule has 1 aromatic heterocycles. The molecule has 4 heteroatoms. The molecular weight excluding hydrogens is 168 g/mol. The quantitative estimate of drug-likeness (QED) is 0.617. The van der Waals surface area contributed by atoms with E-state index in [1.54, 1.807) is 17.0 Å². The van der Waals surface area contributed by atoms with Crippen LogP contribution < -0.4 is 11.1 Å². The van der Waals surface area contributed by atoms with Crippen molar-refractivity contribution in [1.29, 1.82) is 0 Å². The fourth-order valence-corrected chi connectivity index (χ4v) is 2.53. The van der Waals surface area contributed by atoms with E-state index in [0.29, 0.717) is 0 Å². The Bertz CT molecular complexity index is 454. The lowest BCUT2D eigenvalue weighted by atomic mass is 9.49. The summed E-state index contributed by atoms with van der Waals surface area (Å²) >= 11 is 0. The van der Waals surface area contributed by atoms with Crippen molar-refractivity contribution in [1.82, 2.24) is 9.55 Å². The lowest BCUT2D eigenvalue weighted by molar-refractivity contribution is -0.0918. The van der Waals surface area contributed by atoms with Gasteiger partial charge in [0.1, 0.15) is 0 Å². The van der Waals surface area contributed by atoms with Gasteiger partial charge in [0.05, 0.1) is 0 Å². The summed E-state index contributed by atoms with van der Waals surface area (Å²) in [5, 5.41) is 0. The molecule has 0 spiro atoms. The molecule has 1 N–H and O–H groups in total. The molecule has 3 aliphatic carbocycles. The van der Waals surface area contributed by atoms with Crippen LogP contribution in [0, 0.1) is 5.92 Å². The first-order valence-corrected chi connectivity index (χ1v) is 4.52. The minimum absolute atomic E-state index is 0.0238. The number of H-pyrrole nitrogens is 1. The van der Waals surface area contributed by atoms with Gasteiger partial charge in [0, 0.05) is 17.9 Å². The van der Waals surface area contributed by atoms with Crippen LogP contribution in [0.5, 0.6) is 0 Å². The molecule has 2 bridgehead atoms. The summed E-state index contributed by atoms with van der Waals surface area (Å²) in [4.78, 5) is 24.9. The van der Waals surface area contributed by atoms with Gasteiger partial charge in [-0.25, -0.2) is 0 Å². The van der Waals surface area contributed by atoms with Crippen LogP contribution in [-0.4, -0.2) is 9.55 Å². The van der Waals surface area contributed by atoms with Gasteiger partial charge in [0.25, 0.3) is 0 Å². The topological polar surface area (TPSA) is 54.9 Å². The third-order valence-corrected chi connectivity index (χ3v) is 3.37. The van der Waals surface area contributed by atoms with Gasteiger partial charge in [-0.05, 0) is 25.2 Å². The van der Waals surface area contributed by atoms with Crippen molar-refractivity contribution in [3.63, 3.8) is 0 Å². The summed E-state index contributed by atoms with van der Waals surface area (Å²) in [6.45, 7) is 0. The number of rotatable bonds is 1. The Labute approximate surface area is 74.2 Å². The van der Waals surface area contributed by atoms with Crippen LogP contribution >= 0.6 is 0 Å². The van der Waals surface area contributed by atoms with Crippen LogP contribution in [0.15, 0.2) is 22.0 Å². The van der Waals surface area contributed by atoms with Crippen molar-refractivity contribution in [2.24, 2.45) is 5.92 Å². The number of aromatic nitrogens is 2. The van der Waals surface area contributed by atoms with Crippen molar-refractivity contribution >= 4 is 0 Å². The minimum atomic E-state index is -0.507. The van der Waals surface area contributed by atoms with E-state index < -0.39 is 11.1 Å². The van der Waals surface area contributed by atoms with Gasteiger partial charge in [0.2, 0.25) is 0 Å². The lowest BCUT2D eigenvalue weighted by Gasteiger charge is -2.62. The normalized spacial score (nSPS) is 34.9. The van der Waals surface area contributed by atoms with Gasteiger partial charge in [-0.2, -0.15) is 0 Å². The maximum atomic E-state index is 11.5. The summed E-state index contributed by atoms with van der Waals surface area (Å²) in [5.74, 6) is 0.811. The molecule has 3 fully saturated rings. The van der Waals surface area contributed by atoms with Crippen molar-refractivity contribution in [2.45, 2.75) is 24.8 Å². The van der Waals surface area contributed by atoms with Gasteiger partial charge < -0.3 is 9.55 Å². The minimum Gasteiger partial charge on any atom is -0.323 e. The average Bonchev–Trinajstić information content (AvgIpc) is 1.92. The molecule has 4 rings (SSSR count). The second-order valence-corrected chi connectivity index (χ2v) is 4.17. The highest BCUT2D eigenvalue weighted by atomic mass is 16.2. The Morgan fingerprint density at radius 1 is 1.38 bits per heavy atom. The van der Waals surface area contributed by atoms with Crippen molar-refractivity contribution in [3.05, 3.63) is 33.1 Å². The van der Waals surface area contributed by atoms with E-state index in [4.69, 9.17) is 0 Å². The van der Waals surface area contributed by atoms with Gasteiger partial charge in [0.15, 0.2) is 0 Å². The molecule has 3 saturated carbocycles. The Hall–Kier alpha value is -1.32. The number of hydrogen-bond acceptors (Lipinski definition) is 2. The maximum absolute atomic E-state index is 11.5. The summed E-state index contributed by atoms with van der Waals surface area (Å²) < 4.78 is 1.62. The molecule has 0 saturated heterocycles.